The van der Waals surface area contributed by atoms with Crippen molar-refractivity contribution in [2.24, 2.45) is 5.41 Å². The lowest BCUT2D eigenvalue weighted by Crippen LogP contribution is -2.57. The summed E-state index contributed by atoms with van der Waals surface area (Å²) < 4.78 is 5.30. The van der Waals surface area contributed by atoms with Gasteiger partial charge in [0.1, 0.15) is 11.4 Å². The van der Waals surface area contributed by atoms with E-state index in [0.29, 0.717) is 12.2 Å². The second-order valence-corrected chi connectivity index (χ2v) is 8.85. The van der Waals surface area contributed by atoms with Crippen LogP contribution in [0.1, 0.15) is 50.0 Å². The first-order chi connectivity index (χ1) is 13.4. The Morgan fingerprint density at radius 3 is 2.75 bits per heavy atom. The van der Waals surface area contributed by atoms with Gasteiger partial charge in [-0.05, 0) is 49.9 Å². The number of aromatic amines is 1. The van der Waals surface area contributed by atoms with E-state index in [2.05, 4.69) is 16.8 Å². The predicted octanol–water partition coefficient (Wildman–Crippen LogP) is 3.18. The van der Waals surface area contributed by atoms with Crippen molar-refractivity contribution >= 4 is 22.7 Å². The second kappa shape index (κ2) is 6.00. The van der Waals surface area contributed by atoms with Crippen molar-refractivity contribution in [2.75, 3.05) is 13.7 Å². The van der Waals surface area contributed by atoms with Crippen LogP contribution in [0.4, 0.5) is 0 Å². The molecule has 0 radical (unpaired) electrons. The average molecular weight is 381 g/mol. The van der Waals surface area contributed by atoms with Crippen LogP contribution in [-0.4, -0.2) is 58.4 Å². The molecule has 1 aliphatic carbocycles. The Labute approximate surface area is 164 Å². The summed E-state index contributed by atoms with van der Waals surface area (Å²) in [4.78, 5) is 33.3. The number of carbonyl (C=O) groups excluding carboxylic acids is 2. The lowest BCUT2D eigenvalue weighted by atomic mass is 9.65. The Kier molecular flexibility index (Phi) is 3.77. The monoisotopic (exact) mass is 381 g/mol. The first-order valence-corrected chi connectivity index (χ1v) is 10.2. The smallest absolute Gasteiger partial charge is 0.270 e. The molecule has 5 rings (SSSR count). The van der Waals surface area contributed by atoms with E-state index in [0.717, 1.165) is 42.3 Å². The van der Waals surface area contributed by atoms with Crippen molar-refractivity contribution in [3.63, 3.8) is 0 Å². The van der Waals surface area contributed by atoms with Crippen molar-refractivity contribution in [1.29, 1.82) is 0 Å². The average Bonchev–Trinajstić information content (AvgIpc) is 3.22. The zero-order valence-corrected chi connectivity index (χ0v) is 16.7. The van der Waals surface area contributed by atoms with E-state index in [1.165, 1.54) is 0 Å². The third kappa shape index (κ3) is 2.33. The van der Waals surface area contributed by atoms with Gasteiger partial charge in [0.25, 0.3) is 5.91 Å². The molecule has 0 unspecified atom stereocenters. The Balaban J connectivity index is 1.51. The molecule has 1 N–H and O–H groups in total. The van der Waals surface area contributed by atoms with Gasteiger partial charge in [0.05, 0.1) is 13.2 Å². The molecule has 2 aliphatic heterocycles. The van der Waals surface area contributed by atoms with Crippen molar-refractivity contribution in [3.05, 3.63) is 30.0 Å². The maximum atomic E-state index is 13.5. The minimum atomic E-state index is -0.00225. The van der Waals surface area contributed by atoms with Gasteiger partial charge < -0.3 is 19.5 Å². The lowest BCUT2D eigenvalue weighted by molar-refractivity contribution is -0.132. The van der Waals surface area contributed by atoms with E-state index in [4.69, 9.17) is 4.74 Å². The number of piperidine rings is 1. The number of fused-ring (bicyclic) bond motifs is 2. The van der Waals surface area contributed by atoms with Crippen molar-refractivity contribution < 1.29 is 14.3 Å². The van der Waals surface area contributed by atoms with Gasteiger partial charge in [-0.25, -0.2) is 0 Å². The van der Waals surface area contributed by atoms with Crippen LogP contribution >= 0.6 is 0 Å². The number of nitrogens with zero attached hydrogens (tertiary/aromatic N) is 2. The minimum Gasteiger partial charge on any atom is -0.497 e. The number of nitrogens with one attached hydrogen (secondary N) is 1. The van der Waals surface area contributed by atoms with Crippen molar-refractivity contribution in [1.82, 2.24) is 14.8 Å². The van der Waals surface area contributed by atoms with Crippen LogP contribution in [0.25, 0.3) is 10.9 Å². The molecule has 3 fully saturated rings. The van der Waals surface area contributed by atoms with Crippen LogP contribution in [0, 0.1) is 5.41 Å². The summed E-state index contributed by atoms with van der Waals surface area (Å²) in [7, 11) is 1.64. The third-order valence-electron chi connectivity index (χ3n) is 7.35. The van der Waals surface area contributed by atoms with Crippen LogP contribution in [0.3, 0.4) is 0 Å². The molecule has 6 nitrogen and oxygen atoms in total. The summed E-state index contributed by atoms with van der Waals surface area (Å²) >= 11 is 0. The van der Waals surface area contributed by atoms with Gasteiger partial charge in [-0.15, -0.1) is 0 Å². The molecule has 2 aromatic rings. The number of ether oxygens (including phenoxy) is 1. The summed E-state index contributed by atoms with van der Waals surface area (Å²) in [6.45, 7) is 4.59. The number of hydrogen-bond donors (Lipinski definition) is 1. The van der Waals surface area contributed by atoms with Gasteiger partial charge in [0.15, 0.2) is 0 Å². The Morgan fingerprint density at radius 1 is 1.21 bits per heavy atom. The first kappa shape index (κ1) is 17.6. The number of H-pyrrole nitrogens is 1. The molecule has 4 atom stereocenters. The number of carbonyl (C=O) groups is 2. The van der Waals surface area contributed by atoms with E-state index in [9.17, 15) is 9.59 Å². The molecule has 2 saturated heterocycles. The van der Waals surface area contributed by atoms with Crippen LogP contribution in [0.2, 0.25) is 0 Å². The SMILES string of the molecule is COc1ccc2[nH]c(C(=O)N3C[C@@H]4C[C@@]5(C)[C@H](CCC[C@@H]35)N4C(C)=O)cc2c1. The quantitative estimate of drug-likeness (QED) is 0.869. The minimum absolute atomic E-state index is 0.00225. The molecule has 6 heteroatoms. The number of methoxy groups -OCH3 is 1. The third-order valence-corrected chi connectivity index (χ3v) is 7.35. The summed E-state index contributed by atoms with van der Waals surface area (Å²) in [5, 5.41) is 0.973. The van der Waals surface area contributed by atoms with Gasteiger partial charge in [-0.3, -0.25) is 9.59 Å². The van der Waals surface area contributed by atoms with Crippen LogP contribution in [0.5, 0.6) is 5.75 Å². The highest BCUT2D eigenvalue weighted by Gasteiger charge is 2.61. The van der Waals surface area contributed by atoms with Gasteiger partial charge in [0, 0.05) is 41.9 Å². The van der Waals surface area contributed by atoms with Crippen LogP contribution in [-0.2, 0) is 4.79 Å². The van der Waals surface area contributed by atoms with Crippen LogP contribution < -0.4 is 4.74 Å². The standard InChI is InChI=1S/C22H27N3O3/c1-13(26)25-15-11-22(2)19(5-4-6-20(22)25)24(12-15)21(27)18-10-14-9-16(28-3)7-8-17(14)23-18/h7-10,15,19-20,23H,4-6,11-12H2,1-3H3/t15-,19+,20-,22+/m0/s1. The van der Waals surface area contributed by atoms with Gasteiger partial charge >= 0.3 is 0 Å². The van der Waals surface area contributed by atoms with Gasteiger partial charge in [-0.2, -0.15) is 0 Å². The number of amides is 2. The molecule has 3 aliphatic rings. The molecule has 2 bridgehead atoms. The first-order valence-electron chi connectivity index (χ1n) is 10.2. The fourth-order valence-electron chi connectivity index (χ4n) is 6.20. The predicted molar refractivity (Wildman–Crippen MR) is 106 cm³/mol. The molecule has 1 saturated carbocycles. The highest BCUT2D eigenvalue weighted by Crippen LogP contribution is 2.54. The fraction of sp³-hybridized carbons (Fsp3) is 0.545. The van der Waals surface area contributed by atoms with E-state index in [1.54, 1.807) is 14.0 Å². The summed E-state index contributed by atoms with van der Waals surface area (Å²) in [6, 6.07) is 8.29. The van der Waals surface area contributed by atoms with E-state index in [1.807, 2.05) is 29.2 Å². The maximum absolute atomic E-state index is 13.5. The van der Waals surface area contributed by atoms with Crippen molar-refractivity contribution in [3.8, 4) is 5.75 Å². The lowest BCUT2D eigenvalue weighted by Gasteiger charge is -2.49. The highest BCUT2D eigenvalue weighted by molar-refractivity contribution is 5.98. The normalized spacial score (nSPS) is 31.3. The van der Waals surface area contributed by atoms with Gasteiger partial charge in [-0.1, -0.05) is 6.92 Å². The van der Waals surface area contributed by atoms with Crippen LogP contribution in [0.15, 0.2) is 24.3 Å². The molecular weight excluding hydrogens is 354 g/mol. The number of likely N-dealkylation sites (tertiary alicyclic amines) is 2. The van der Waals surface area contributed by atoms with Gasteiger partial charge in [0.2, 0.25) is 5.91 Å². The summed E-state index contributed by atoms with van der Waals surface area (Å²) in [6.07, 6.45) is 4.15. The fourth-order valence-corrected chi connectivity index (χ4v) is 6.20. The summed E-state index contributed by atoms with van der Waals surface area (Å²) in [5.41, 5.74) is 1.55. The number of benzene rings is 1. The topological polar surface area (TPSA) is 65.6 Å². The highest BCUT2D eigenvalue weighted by atomic mass is 16.5. The van der Waals surface area contributed by atoms with E-state index in [-0.39, 0.29) is 35.4 Å². The Bertz CT molecular complexity index is 967. The van der Waals surface area contributed by atoms with E-state index >= 15 is 0 Å². The maximum Gasteiger partial charge on any atom is 0.270 e. The molecule has 0 spiro atoms. The second-order valence-electron chi connectivity index (χ2n) is 8.85. The molecule has 2 amide bonds. The molecule has 28 heavy (non-hydrogen) atoms. The largest absolute Gasteiger partial charge is 0.497 e. The van der Waals surface area contributed by atoms with E-state index < -0.39 is 0 Å². The number of hydrogen-bond acceptors (Lipinski definition) is 3. The van der Waals surface area contributed by atoms with Crippen molar-refractivity contribution in [2.45, 2.75) is 57.7 Å². The Hall–Kier alpha value is -2.50. The zero-order valence-electron chi connectivity index (χ0n) is 16.7. The Morgan fingerprint density at radius 2 is 2.00 bits per heavy atom. The number of aromatic nitrogens is 1. The molecule has 148 valence electrons. The molecular formula is C22H27N3O3. The molecule has 3 heterocycles. The molecule has 1 aromatic heterocycles. The number of rotatable bonds is 2. The molecule has 1 aromatic carbocycles. The summed E-state index contributed by atoms with van der Waals surface area (Å²) in [5.74, 6) is 0.967. The zero-order chi connectivity index (χ0) is 19.6.